The number of hydrogen-bond acceptors (Lipinski definition) is 2. The normalized spacial score (nSPS) is 13.2. The van der Waals surface area contributed by atoms with Crippen molar-refractivity contribution < 1.29 is 10.2 Å². The molecule has 0 spiro atoms. The quantitative estimate of drug-likeness (QED) is 0.610. The van der Waals surface area contributed by atoms with Gasteiger partial charge in [0.15, 0.2) is 5.79 Å². The summed E-state index contributed by atoms with van der Waals surface area (Å²) in [5, 5.41) is 19.6. The summed E-state index contributed by atoms with van der Waals surface area (Å²) in [6, 6.07) is 0. The van der Waals surface area contributed by atoms with Gasteiger partial charge in [-0.05, 0) is 18.3 Å². The zero-order valence-electron chi connectivity index (χ0n) is 10.8. The predicted molar refractivity (Wildman–Crippen MR) is 64.6 cm³/mol. The second-order valence-electron chi connectivity index (χ2n) is 4.82. The van der Waals surface area contributed by atoms with Crippen LogP contribution in [0.25, 0.3) is 0 Å². The van der Waals surface area contributed by atoms with Crippen molar-refractivity contribution >= 4 is 0 Å². The van der Waals surface area contributed by atoms with Crippen molar-refractivity contribution in [2.24, 2.45) is 5.41 Å². The Labute approximate surface area is 94.7 Å². The van der Waals surface area contributed by atoms with Crippen LogP contribution in [-0.4, -0.2) is 16.0 Å². The van der Waals surface area contributed by atoms with Gasteiger partial charge >= 0.3 is 0 Å². The van der Waals surface area contributed by atoms with Crippen LogP contribution in [0.5, 0.6) is 0 Å². The standard InChI is InChI=1S/C13H28O2/c1-5-9-10-12(6-2,7-3)11-13(14,15)8-4/h14-15H,5-11H2,1-4H3. The Kier molecular flexibility index (Phi) is 6.46. The number of aliphatic hydroxyl groups is 2. The van der Waals surface area contributed by atoms with Gasteiger partial charge in [0, 0.05) is 6.42 Å². The lowest BCUT2D eigenvalue weighted by atomic mass is 9.72. The summed E-state index contributed by atoms with van der Waals surface area (Å²) in [5.74, 6) is -1.47. The smallest absolute Gasteiger partial charge is 0.162 e. The molecule has 0 aromatic carbocycles. The van der Waals surface area contributed by atoms with E-state index in [1.165, 1.54) is 12.8 Å². The SMILES string of the molecule is CCCCC(CC)(CC)CC(O)(O)CC. The van der Waals surface area contributed by atoms with Crippen LogP contribution in [0, 0.1) is 5.41 Å². The van der Waals surface area contributed by atoms with Crippen LogP contribution in [0.1, 0.15) is 72.6 Å². The lowest BCUT2D eigenvalue weighted by Crippen LogP contribution is -2.36. The molecule has 0 aliphatic heterocycles. The Morgan fingerprint density at radius 2 is 1.40 bits per heavy atom. The second-order valence-corrected chi connectivity index (χ2v) is 4.82. The molecule has 0 atom stereocenters. The average Bonchev–Trinajstić information content (AvgIpc) is 2.24. The molecule has 0 aliphatic rings. The molecule has 0 saturated heterocycles. The third kappa shape index (κ3) is 4.98. The van der Waals surface area contributed by atoms with Crippen LogP contribution in [-0.2, 0) is 0 Å². The molecule has 92 valence electrons. The Hall–Kier alpha value is -0.0800. The Balaban J connectivity index is 4.48. The van der Waals surface area contributed by atoms with Crippen LogP contribution in [0.15, 0.2) is 0 Å². The molecule has 2 nitrogen and oxygen atoms in total. The van der Waals surface area contributed by atoms with Gasteiger partial charge in [-0.3, -0.25) is 0 Å². The Bertz CT molecular complexity index is 160. The maximum Gasteiger partial charge on any atom is 0.162 e. The molecule has 0 bridgehead atoms. The number of hydrogen-bond donors (Lipinski definition) is 2. The highest BCUT2D eigenvalue weighted by Crippen LogP contribution is 2.40. The fourth-order valence-electron chi connectivity index (χ4n) is 2.22. The minimum Gasteiger partial charge on any atom is -0.366 e. The second kappa shape index (κ2) is 6.49. The fourth-order valence-corrected chi connectivity index (χ4v) is 2.22. The van der Waals surface area contributed by atoms with Crippen molar-refractivity contribution in [2.45, 2.75) is 78.4 Å². The van der Waals surface area contributed by atoms with E-state index < -0.39 is 5.79 Å². The van der Waals surface area contributed by atoms with Crippen LogP contribution in [0.2, 0.25) is 0 Å². The van der Waals surface area contributed by atoms with E-state index in [1.54, 1.807) is 0 Å². The summed E-state index contributed by atoms with van der Waals surface area (Å²) in [6.45, 7) is 8.33. The maximum absolute atomic E-state index is 9.78. The summed E-state index contributed by atoms with van der Waals surface area (Å²) in [4.78, 5) is 0. The van der Waals surface area contributed by atoms with E-state index in [0.29, 0.717) is 12.8 Å². The average molecular weight is 216 g/mol. The molecule has 2 N–H and O–H groups in total. The maximum atomic E-state index is 9.78. The van der Waals surface area contributed by atoms with E-state index >= 15 is 0 Å². The molecule has 0 heterocycles. The first-order valence-electron chi connectivity index (χ1n) is 6.40. The molecule has 0 amide bonds. The Morgan fingerprint density at radius 3 is 1.73 bits per heavy atom. The minimum atomic E-state index is -1.47. The lowest BCUT2D eigenvalue weighted by molar-refractivity contribution is -0.188. The largest absolute Gasteiger partial charge is 0.366 e. The highest BCUT2D eigenvalue weighted by molar-refractivity contribution is 4.82. The minimum absolute atomic E-state index is 0.121. The van der Waals surface area contributed by atoms with Crippen LogP contribution in [0.3, 0.4) is 0 Å². The van der Waals surface area contributed by atoms with Crippen LogP contribution >= 0.6 is 0 Å². The summed E-state index contributed by atoms with van der Waals surface area (Å²) >= 11 is 0. The van der Waals surface area contributed by atoms with Crippen molar-refractivity contribution in [3.05, 3.63) is 0 Å². The van der Waals surface area contributed by atoms with Gasteiger partial charge in [-0.15, -0.1) is 0 Å². The predicted octanol–water partition coefficient (Wildman–Crippen LogP) is 3.46. The third-order valence-corrected chi connectivity index (χ3v) is 3.79. The molecule has 0 aromatic rings. The molecular weight excluding hydrogens is 188 g/mol. The monoisotopic (exact) mass is 216 g/mol. The molecule has 2 heteroatoms. The molecule has 0 saturated carbocycles. The van der Waals surface area contributed by atoms with E-state index in [2.05, 4.69) is 20.8 Å². The molecular formula is C13H28O2. The number of rotatable bonds is 8. The van der Waals surface area contributed by atoms with Gasteiger partial charge in [0.25, 0.3) is 0 Å². The van der Waals surface area contributed by atoms with Gasteiger partial charge in [-0.1, -0.05) is 53.4 Å². The third-order valence-electron chi connectivity index (χ3n) is 3.79. The topological polar surface area (TPSA) is 40.5 Å². The van der Waals surface area contributed by atoms with Crippen molar-refractivity contribution in [1.29, 1.82) is 0 Å². The number of unbranched alkanes of at least 4 members (excludes halogenated alkanes) is 1. The van der Waals surface area contributed by atoms with Crippen molar-refractivity contribution in [3.63, 3.8) is 0 Å². The molecule has 0 radical (unpaired) electrons. The van der Waals surface area contributed by atoms with Gasteiger partial charge in [0.05, 0.1) is 0 Å². The molecule has 0 fully saturated rings. The molecule has 15 heavy (non-hydrogen) atoms. The zero-order valence-corrected chi connectivity index (χ0v) is 10.8. The van der Waals surface area contributed by atoms with Crippen molar-refractivity contribution in [3.8, 4) is 0 Å². The van der Waals surface area contributed by atoms with Gasteiger partial charge in [0.1, 0.15) is 0 Å². The zero-order chi connectivity index (χ0) is 11.9. The van der Waals surface area contributed by atoms with Crippen LogP contribution in [0.4, 0.5) is 0 Å². The molecule has 0 aliphatic carbocycles. The van der Waals surface area contributed by atoms with E-state index in [9.17, 15) is 10.2 Å². The van der Waals surface area contributed by atoms with Crippen molar-refractivity contribution in [2.75, 3.05) is 0 Å². The van der Waals surface area contributed by atoms with Crippen LogP contribution < -0.4 is 0 Å². The highest BCUT2D eigenvalue weighted by atomic mass is 16.5. The first kappa shape index (κ1) is 14.9. The van der Waals surface area contributed by atoms with Gasteiger partial charge in [-0.2, -0.15) is 0 Å². The van der Waals surface area contributed by atoms with E-state index in [0.717, 1.165) is 19.3 Å². The van der Waals surface area contributed by atoms with Gasteiger partial charge in [0.2, 0.25) is 0 Å². The summed E-state index contributed by atoms with van der Waals surface area (Å²) in [7, 11) is 0. The lowest BCUT2D eigenvalue weighted by Gasteiger charge is -2.37. The van der Waals surface area contributed by atoms with Gasteiger partial charge in [-0.25, -0.2) is 0 Å². The Morgan fingerprint density at radius 1 is 0.867 bits per heavy atom. The highest BCUT2D eigenvalue weighted by Gasteiger charge is 2.34. The summed E-state index contributed by atoms with van der Waals surface area (Å²) in [6.07, 6.45) is 6.47. The van der Waals surface area contributed by atoms with Crippen molar-refractivity contribution in [1.82, 2.24) is 0 Å². The van der Waals surface area contributed by atoms with Gasteiger partial charge < -0.3 is 10.2 Å². The van der Waals surface area contributed by atoms with E-state index in [4.69, 9.17) is 0 Å². The first-order valence-corrected chi connectivity index (χ1v) is 6.40. The molecule has 0 aromatic heterocycles. The van der Waals surface area contributed by atoms with E-state index in [1.807, 2.05) is 6.92 Å². The van der Waals surface area contributed by atoms with E-state index in [-0.39, 0.29) is 5.41 Å². The fraction of sp³-hybridized carbons (Fsp3) is 1.00. The first-order chi connectivity index (χ1) is 6.95. The summed E-state index contributed by atoms with van der Waals surface area (Å²) in [5.41, 5.74) is 0.121. The molecule has 0 unspecified atom stereocenters. The summed E-state index contributed by atoms with van der Waals surface area (Å²) < 4.78 is 0. The molecule has 0 rings (SSSR count).